The number of hydrogen-bond donors (Lipinski definition) is 1. The van der Waals surface area contributed by atoms with Gasteiger partial charge in [-0.25, -0.2) is 0 Å². The van der Waals surface area contributed by atoms with Crippen LogP contribution in [0.1, 0.15) is 30.0 Å². The number of carbonyl (C=O) groups excluding carboxylic acids is 1. The van der Waals surface area contributed by atoms with Crippen LogP contribution < -0.4 is 10.1 Å². The Hall–Kier alpha value is -1.93. The second-order valence-corrected chi connectivity index (χ2v) is 9.11. The molecule has 3 aromatic rings. The van der Waals surface area contributed by atoms with Crippen LogP contribution in [0.5, 0.6) is 5.75 Å². The zero-order chi connectivity index (χ0) is 22.7. The van der Waals surface area contributed by atoms with Crippen molar-refractivity contribution >= 4 is 58.2 Å². The number of ether oxygens (including phenoxy) is 1. The van der Waals surface area contributed by atoms with Crippen LogP contribution in [-0.2, 0) is 11.8 Å². The largest absolute Gasteiger partial charge is 0.482 e. The molecule has 31 heavy (non-hydrogen) atoms. The molecule has 0 saturated heterocycles. The Labute approximate surface area is 200 Å². The van der Waals surface area contributed by atoms with E-state index in [1.54, 1.807) is 0 Å². The van der Waals surface area contributed by atoms with Gasteiger partial charge < -0.3 is 14.6 Å². The van der Waals surface area contributed by atoms with Gasteiger partial charge >= 0.3 is 0 Å². The van der Waals surface area contributed by atoms with Gasteiger partial charge in [0.25, 0.3) is 0 Å². The minimum absolute atomic E-state index is 0.120. The molecule has 0 aliphatic heterocycles. The van der Waals surface area contributed by atoms with Crippen LogP contribution in [0.25, 0.3) is 0 Å². The predicted octanol–water partition coefficient (Wildman–Crippen LogP) is 6.26. The summed E-state index contributed by atoms with van der Waals surface area (Å²) in [6.07, 6.45) is -0.309. The van der Waals surface area contributed by atoms with E-state index in [0.29, 0.717) is 31.7 Å². The molecule has 0 saturated carbocycles. The van der Waals surface area contributed by atoms with Crippen LogP contribution in [0.15, 0.2) is 35.5 Å². The molecule has 2 aromatic carbocycles. The van der Waals surface area contributed by atoms with E-state index in [2.05, 4.69) is 15.5 Å². The number of thioether (sulfide) groups is 1. The third-order valence-electron chi connectivity index (χ3n) is 4.71. The molecule has 10 heteroatoms. The first-order valence-corrected chi connectivity index (χ1v) is 11.5. The number of halogens is 3. The van der Waals surface area contributed by atoms with Gasteiger partial charge in [-0.1, -0.05) is 58.7 Å². The van der Waals surface area contributed by atoms with E-state index in [9.17, 15) is 4.79 Å². The third-order valence-corrected chi connectivity index (χ3v) is 6.76. The molecule has 0 spiro atoms. The number of nitrogens with one attached hydrogen (secondary N) is 1. The molecule has 0 aliphatic carbocycles. The van der Waals surface area contributed by atoms with E-state index < -0.39 is 0 Å². The summed E-state index contributed by atoms with van der Waals surface area (Å²) < 4.78 is 7.91. The van der Waals surface area contributed by atoms with Crippen molar-refractivity contribution in [3.63, 3.8) is 0 Å². The summed E-state index contributed by atoms with van der Waals surface area (Å²) in [5.41, 5.74) is 2.65. The maximum Gasteiger partial charge on any atom is 0.234 e. The highest BCUT2D eigenvalue weighted by molar-refractivity contribution is 7.99. The molecule has 1 heterocycles. The average Bonchev–Trinajstić information content (AvgIpc) is 3.08. The molecular formula is C21H21Cl3N4O2S. The summed E-state index contributed by atoms with van der Waals surface area (Å²) in [6.45, 7) is 5.98. The Morgan fingerprint density at radius 2 is 1.87 bits per heavy atom. The van der Waals surface area contributed by atoms with E-state index in [1.165, 1.54) is 23.9 Å². The number of benzene rings is 2. The van der Waals surface area contributed by atoms with E-state index in [4.69, 9.17) is 39.5 Å². The number of hydrogen-bond acceptors (Lipinski definition) is 5. The summed E-state index contributed by atoms with van der Waals surface area (Å²) in [6, 6.07) is 8.94. The maximum atomic E-state index is 12.3. The minimum Gasteiger partial charge on any atom is -0.482 e. The van der Waals surface area contributed by atoms with E-state index in [1.807, 2.05) is 50.6 Å². The molecule has 1 atom stereocenters. The Kier molecular flexibility index (Phi) is 7.75. The van der Waals surface area contributed by atoms with Gasteiger partial charge in [-0.05, 0) is 50.1 Å². The highest BCUT2D eigenvalue weighted by atomic mass is 35.5. The lowest BCUT2D eigenvalue weighted by molar-refractivity contribution is -0.113. The molecule has 1 aromatic heterocycles. The predicted molar refractivity (Wildman–Crippen MR) is 127 cm³/mol. The van der Waals surface area contributed by atoms with Crippen molar-refractivity contribution in [3.05, 3.63) is 62.4 Å². The molecule has 0 fully saturated rings. The van der Waals surface area contributed by atoms with Gasteiger partial charge in [0.15, 0.2) is 17.1 Å². The van der Waals surface area contributed by atoms with Gasteiger partial charge in [-0.2, -0.15) is 0 Å². The molecule has 6 nitrogen and oxygen atoms in total. The van der Waals surface area contributed by atoms with Gasteiger partial charge in [0.1, 0.15) is 5.75 Å². The first-order chi connectivity index (χ1) is 14.7. The lowest BCUT2D eigenvalue weighted by Gasteiger charge is -2.17. The fourth-order valence-corrected chi connectivity index (χ4v) is 4.15. The number of carbonyl (C=O) groups is 1. The number of aryl methyl sites for hydroxylation is 1. The standard InChI is InChI=1S/C21H21Cl3N4O2S/c1-11-6-5-7-18(12(11)2)30-13(3)20-26-27-21(28(20)4)31-10-19(29)25-17-9-15(23)14(22)8-16(17)24/h5-9,13H,10H2,1-4H3,(H,25,29). The van der Waals surface area contributed by atoms with E-state index in [-0.39, 0.29) is 17.8 Å². The number of amides is 1. The maximum absolute atomic E-state index is 12.3. The summed E-state index contributed by atoms with van der Waals surface area (Å²) in [5.74, 6) is 1.34. The SMILES string of the molecule is Cc1cccc(OC(C)c2nnc(SCC(=O)Nc3cc(Cl)c(Cl)cc3Cl)n2C)c1C. The van der Waals surface area contributed by atoms with Gasteiger partial charge in [0.05, 0.1) is 26.5 Å². The summed E-state index contributed by atoms with van der Waals surface area (Å²) in [5, 5.41) is 12.7. The second kappa shape index (κ2) is 10.1. The lowest BCUT2D eigenvalue weighted by atomic mass is 10.1. The fraction of sp³-hybridized carbons (Fsp3) is 0.286. The first kappa shape index (κ1) is 23.7. The first-order valence-electron chi connectivity index (χ1n) is 9.36. The van der Waals surface area contributed by atoms with Crippen molar-refractivity contribution in [1.82, 2.24) is 14.8 Å². The van der Waals surface area contributed by atoms with Gasteiger partial charge in [0, 0.05) is 7.05 Å². The lowest BCUT2D eigenvalue weighted by Crippen LogP contribution is -2.15. The molecule has 0 radical (unpaired) electrons. The number of rotatable bonds is 7. The molecule has 1 N–H and O–H groups in total. The Balaban J connectivity index is 1.63. The summed E-state index contributed by atoms with van der Waals surface area (Å²) in [7, 11) is 1.84. The fourth-order valence-electron chi connectivity index (χ4n) is 2.84. The summed E-state index contributed by atoms with van der Waals surface area (Å²) >= 11 is 19.3. The quantitative estimate of drug-likeness (QED) is 0.307. The normalized spacial score (nSPS) is 12.0. The van der Waals surface area contributed by atoms with Crippen molar-refractivity contribution in [2.24, 2.45) is 7.05 Å². The molecule has 1 amide bonds. The molecule has 3 rings (SSSR count). The third kappa shape index (κ3) is 5.66. The van der Waals surface area contributed by atoms with Crippen LogP contribution in [0.4, 0.5) is 5.69 Å². The Morgan fingerprint density at radius 1 is 1.16 bits per heavy atom. The Bertz CT molecular complexity index is 1120. The van der Waals surface area contributed by atoms with Gasteiger partial charge in [-0.15, -0.1) is 10.2 Å². The van der Waals surface area contributed by atoms with Crippen molar-refractivity contribution in [2.75, 3.05) is 11.1 Å². The topological polar surface area (TPSA) is 69.0 Å². The molecule has 1 unspecified atom stereocenters. The summed E-state index contributed by atoms with van der Waals surface area (Å²) in [4.78, 5) is 12.3. The van der Waals surface area contributed by atoms with E-state index in [0.717, 1.165) is 16.9 Å². The van der Waals surface area contributed by atoms with Crippen LogP contribution in [0, 0.1) is 13.8 Å². The Morgan fingerprint density at radius 3 is 2.61 bits per heavy atom. The molecular weight excluding hydrogens is 479 g/mol. The molecule has 0 aliphatic rings. The van der Waals surface area contributed by atoms with Crippen LogP contribution in [-0.4, -0.2) is 26.4 Å². The second-order valence-electron chi connectivity index (χ2n) is 6.94. The van der Waals surface area contributed by atoms with Crippen molar-refractivity contribution in [1.29, 1.82) is 0 Å². The molecule has 164 valence electrons. The monoisotopic (exact) mass is 498 g/mol. The minimum atomic E-state index is -0.309. The zero-order valence-corrected chi connectivity index (χ0v) is 20.5. The number of anilines is 1. The molecule has 0 bridgehead atoms. The average molecular weight is 500 g/mol. The van der Waals surface area contributed by atoms with Crippen LogP contribution in [0.3, 0.4) is 0 Å². The van der Waals surface area contributed by atoms with Crippen LogP contribution >= 0.6 is 46.6 Å². The van der Waals surface area contributed by atoms with Crippen LogP contribution in [0.2, 0.25) is 15.1 Å². The highest BCUT2D eigenvalue weighted by Gasteiger charge is 2.19. The smallest absolute Gasteiger partial charge is 0.234 e. The van der Waals surface area contributed by atoms with Crippen molar-refractivity contribution < 1.29 is 9.53 Å². The highest BCUT2D eigenvalue weighted by Crippen LogP contribution is 2.32. The zero-order valence-electron chi connectivity index (χ0n) is 17.4. The number of aromatic nitrogens is 3. The van der Waals surface area contributed by atoms with Gasteiger partial charge in [0.2, 0.25) is 5.91 Å². The van der Waals surface area contributed by atoms with Crippen molar-refractivity contribution in [2.45, 2.75) is 32.0 Å². The number of nitrogens with zero attached hydrogens (tertiary/aromatic N) is 3. The van der Waals surface area contributed by atoms with Crippen molar-refractivity contribution in [3.8, 4) is 5.75 Å². The van der Waals surface area contributed by atoms with E-state index >= 15 is 0 Å². The van der Waals surface area contributed by atoms with Gasteiger partial charge in [-0.3, -0.25) is 4.79 Å².